The van der Waals surface area contributed by atoms with Crippen molar-refractivity contribution < 1.29 is 14.3 Å². The van der Waals surface area contributed by atoms with E-state index in [-0.39, 0.29) is 23.9 Å². The van der Waals surface area contributed by atoms with Gasteiger partial charge in [0.1, 0.15) is 4.87 Å². The van der Waals surface area contributed by atoms with Gasteiger partial charge in [-0.3, -0.25) is 14.6 Å². The number of fused-ring (bicyclic) bond motifs is 1. The van der Waals surface area contributed by atoms with Crippen molar-refractivity contribution in [1.82, 2.24) is 0 Å². The van der Waals surface area contributed by atoms with E-state index in [9.17, 15) is 9.59 Å². The number of ether oxygens (including phenoxy) is 1. The molecular weight excluding hydrogens is 392 g/mol. The van der Waals surface area contributed by atoms with Crippen molar-refractivity contribution in [1.29, 1.82) is 0 Å². The summed E-state index contributed by atoms with van der Waals surface area (Å²) in [6.45, 7) is 8.35. The van der Waals surface area contributed by atoms with E-state index in [1.54, 1.807) is 29.9 Å². The Morgan fingerprint density at radius 1 is 1.31 bits per heavy atom. The second-order valence-corrected chi connectivity index (χ2v) is 8.87. The van der Waals surface area contributed by atoms with E-state index in [0.29, 0.717) is 31.1 Å². The van der Waals surface area contributed by atoms with Gasteiger partial charge in [0.25, 0.3) is 0 Å². The van der Waals surface area contributed by atoms with Gasteiger partial charge >= 0.3 is 0 Å². The summed E-state index contributed by atoms with van der Waals surface area (Å²) in [6, 6.07) is 5.56. The van der Waals surface area contributed by atoms with Gasteiger partial charge < -0.3 is 20.3 Å². The van der Waals surface area contributed by atoms with Crippen molar-refractivity contribution in [2.75, 3.05) is 29.6 Å². The van der Waals surface area contributed by atoms with Gasteiger partial charge in [0.2, 0.25) is 11.8 Å². The number of carbonyl (C=O) groups is 2. The van der Waals surface area contributed by atoms with Gasteiger partial charge in [-0.2, -0.15) is 0 Å². The van der Waals surface area contributed by atoms with Crippen LogP contribution in [0, 0.1) is 0 Å². The lowest BCUT2D eigenvalue weighted by atomic mass is 10.00. The normalized spacial score (nSPS) is 20.6. The SMILES string of the molecule is CC(=O)N1c2ccc(C(C=NC3COC3)=CN)cc2N(C(=O)C(C)(C)Cl)C[C@@H]1C. The summed E-state index contributed by atoms with van der Waals surface area (Å²) in [4.78, 5) is 32.1. The first kappa shape index (κ1) is 21.3. The standard InChI is InChI=1S/C21H27ClN4O3/c1-13-10-25(20(28)21(3,4)22)19-7-15(5-6-18(19)26(13)14(2)27)16(8-23)9-24-17-11-29-12-17/h5-9,13,17H,10-12,23H2,1-4H3/t13-/m0/s1. The molecule has 3 rings (SSSR count). The zero-order chi connectivity index (χ0) is 21.3. The van der Waals surface area contributed by atoms with E-state index in [1.165, 1.54) is 13.1 Å². The Hall–Kier alpha value is -2.38. The van der Waals surface area contributed by atoms with Crippen molar-refractivity contribution in [3.8, 4) is 0 Å². The molecule has 1 aromatic carbocycles. The van der Waals surface area contributed by atoms with Crippen molar-refractivity contribution in [3.05, 3.63) is 30.0 Å². The minimum absolute atomic E-state index is 0.0788. The maximum atomic E-state index is 13.0. The zero-order valence-corrected chi connectivity index (χ0v) is 17.9. The van der Waals surface area contributed by atoms with Crippen molar-refractivity contribution >= 4 is 46.6 Å². The van der Waals surface area contributed by atoms with E-state index in [0.717, 1.165) is 11.1 Å². The molecule has 2 aliphatic rings. The quantitative estimate of drug-likeness (QED) is 0.601. The molecule has 29 heavy (non-hydrogen) atoms. The topological polar surface area (TPSA) is 88.2 Å². The molecule has 1 aromatic rings. The van der Waals surface area contributed by atoms with Crippen LogP contribution in [0.15, 0.2) is 29.4 Å². The third-order valence-corrected chi connectivity index (χ3v) is 5.23. The number of nitrogens with two attached hydrogens (primary N) is 1. The van der Waals surface area contributed by atoms with Gasteiger partial charge in [-0.05, 0) is 38.5 Å². The number of carbonyl (C=O) groups excluding carboxylic acids is 2. The number of benzene rings is 1. The Balaban J connectivity index is 2.05. The van der Waals surface area contributed by atoms with Gasteiger partial charge in [0, 0.05) is 31.5 Å². The van der Waals surface area contributed by atoms with Crippen molar-refractivity contribution in [2.45, 2.75) is 44.7 Å². The number of hydrogen-bond donors (Lipinski definition) is 1. The fourth-order valence-electron chi connectivity index (χ4n) is 3.51. The van der Waals surface area contributed by atoms with Gasteiger partial charge in [0.15, 0.2) is 0 Å². The maximum Gasteiger partial charge on any atom is 0.247 e. The third kappa shape index (κ3) is 4.31. The molecular formula is C21H27ClN4O3. The van der Waals surface area contributed by atoms with Gasteiger partial charge in [0.05, 0.1) is 36.7 Å². The van der Waals surface area contributed by atoms with Crippen LogP contribution in [0.4, 0.5) is 11.4 Å². The van der Waals surface area contributed by atoms with E-state index in [2.05, 4.69) is 4.99 Å². The molecule has 0 bridgehead atoms. The predicted molar refractivity (Wildman–Crippen MR) is 117 cm³/mol. The number of amides is 2. The zero-order valence-electron chi connectivity index (χ0n) is 17.2. The summed E-state index contributed by atoms with van der Waals surface area (Å²) in [7, 11) is 0. The minimum atomic E-state index is -1.07. The molecule has 0 spiro atoms. The number of alkyl halides is 1. The summed E-state index contributed by atoms with van der Waals surface area (Å²) in [5.41, 5.74) is 8.68. The highest BCUT2D eigenvalue weighted by molar-refractivity contribution is 6.36. The van der Waals surface area contributed by atoms with Crippen LogP contribution in [-0.2, 0) is 14.3 Å². The number of anilines is 2. The van der Waals surface area contributed by atoms with E-state index in [1.807, 2.05) is 25.1 Å². The van der Waals surface area contributed by atoms with E-state index >= 15 is 0 Å². The fourth-order valence-corrected chi connectivity index (χ4v) is 3.61. The highest BCUT2D eigenvalue weighted by atomic mass is 35.5. The lowest BCUT2D eigenvalue weighted by Gasteiger charge is -2.42. The largest absolute Gasteiger partial charge is 0.404 e. The Labute approximate surface area is 176 Å². The monoisotopic (exact) mass is 418 g/mol. The molecule has 2 amide bonds. The van der Waals surface area contributed by atoms with Crippen LogP contribution in [0.1, 0.15) is 33.3 Å². The molecule has 2 N–H and O–H groups in total. The fraction of sp³-hybridized carbons (Fsp3) is 0.476. The molecule has 0 saturated carbocycles. The van der Waals surface area contributed by atoms with E-state index in [4.69, 9.17) is 22.1 Å². The first-order chi connectivity index (χ1) is 13.6. The average molecular weight is 419 g/mol. The first-order valence-corrected chi connectivity index (χ1v) is 9.99. The van der Waals surface area contributed by atoms with E-state index < -0.39 is 4.87 Å². The highest BCUT2D eigenvalue weighted by Crippen LogP contribution is 2.39. The first-order valence-electron chi connectivity index (χ1n) is 9.61. The molecule has 1 atom stereocenters. The Kier molecular flexibility index (Phi) is 6.00. The summed E-state index contributed by atoms with van der Waals surface area (Å²) in [5.74, 6) is -0.295. The number of halogens is 1. The van der Waals surface area contributed by atoms with Crippen LogP contribution in [0.5, 0.6) is 0 Å². The molecule has 0 aromatic heterocycles. The summed E-state index contributed by atoms with van der Waals surface area (Å²) >= 11 is 6.33. The number of hydrogen-bond acceptors (Lipinski definition) is 5. The summed E-state index contributed by atoms with van der Waals surface area (Å²) in [5, 5.41) is 0. The Morgan fingerprint density at radius 3 is 2.52 bits per heavy atom. The molecule has 1 saturated heterocycles. The van der Waals surface area contributed by atoms with Crippen molar-refractivity contribution in [2.24, 2.45) is 10.7 Å². The Morgan fingerprint density at radius 2 is 2.00 bits per heavy atom. The molecule has 156 valence electrons. The third-order valence-electron chi connectivity index (χ3n) is 5.06. The van der Waals surface area contributed by atoms with Gasteiger partial charge in [-0.1, -0.05) is 6.07 Å². The minimum Gasteiger partial charge on any atom is -0.404 e. The maximum absolute atomic E-state index is 13.0. The number of rotatable bonds is 4. The predicted octanol–water partition coefficient (Wildman–Crippen LogP) is 2.56. The molecule has 0 unspecified atom stereocenters. The van der Waals surface area contributed by atoms with Crippen LogP contribution in [0.2, 0.25) is 0 Å². The summed E-state index contributed by atoms with van der Waals surface area (Å²) in [6.07, 6.45) is 3.21. The van der Waals surface area contributed by atoms with Crippen molar-refractivity contribution in [3.63, 3.8) is 0 Å². The number of nitrogens with zero attached hydrogens (tertiary/aromatic N) is 3. The molecule has 8 heteroatoms. The average Bonchev–Trinajstić information content (AvgIpc) is 2.61. The number of aliphatic imine (C=N–C) groups is 1. The molecule has 2 heterocycles. The van der Waals surface area contributed by atoms with Crippen LogP contribution in [-0.4, -0.2) is 54.7 Å². The lowest BCUT2D eigenvalue weighted by Crippen LogP contribution is -2.54. The molecule has 0 radical (unpaired) electrons. The highest BCUT2D eigenvalue weighted by Gasteiger charge is 2.38. The molecule has 7 nitrogen and oxygen atoms in total. The van der Waals surface area contributed by atoms with Gasteiger partial charge in [-0.15, -0.1) is 11.6 Å². The second-order valence-electron chi connectivity index (χ2n) is 7.92. The lowest BCUT2D eigenvalue weighted by molar-refractivity contribution is -0.121. The smallest absolute Gasteiger partial charge is 0.247 e. The number of allylic oxidation sites excluding steroid dienone is 1. The van der Waals surface area contributed by atoms with Crippen LogP contribution in [0.25, 0.3) is 5.57 Å². The molecule has 1 fully saturated rings. The van der Waals surface area contributed by atoms with Crippen LogP contribution < -0.4 is 15.5 Å². The van der Waals surface area contributed by atoms with Crippen LogP contribution in [0.3, 0.4) is 0 Å². The summed E-state index contributed by atoms with van der Waals surface area (Å²) < 4.78 is 5.14. The molecule has 2 aliphatic heterocycles. The second kappa shape index (κ2) is 8.16. The van der Waals surface area contributed by atoms with Gasteiger partial charge in [-0.25, -0.2) is 0 Å². The van der Waals surface area contributed by atoms with Crippen LogP contribution >= 0.6 is 11.6 Å². The molecule has 0 aliphatic carbocycles. The Bertz CT molecular complexity index is 871.